The van der Waals surface area contributed by atoms with E-state index in [0.29, 0.717) is 6.04 Å². The van der Waals surface area contributed by atoms with E-state index in [-0.39, 0.29) is 5.91 Å². The van der Waals surface area contributed by atoms with E-state index >= 15 is 0 Å². The van der Waals surface area contributed by atoms with E-state index in [1.165, 1.54) is 0 Å². The number of carbonyl (C=O) groups is 1. The fourth-order valence-corrected chi connectivity index (χ4v) is 1.50. The van der Waals surface area contributed by atoms with Gasteiger partial charge < -0.3 is 10.2 Å². The van der Waals surface area contributed by atoms with Gasteiger partial charge in [-0.15, -0.1) is 0 Å². The van der Waals surface area contributed by atoms with Gasteiger partial charge in [0.25, 0.3) is 0 Å². The van der Waals surface area contributed by atoms with Gasteiger partial charge in [-0.05, 0) is 13.0 Å². The van der Waals surface area contributed by atoms with Crippen LogP contribution in [-0.4, -0.2) is 36.5 Å². The van der Waals surface area contributed by atoms with Crippen molar-refractivity contribution < 1.29 is 4.79 Å². The molecule has 11 heavy (non-hydrogen) atoms. The van der Waals surface area contributed by atoms with Crippen molar-refractivity contribution in [1.82, 2.24) is 10.2 Å². The average molecular weight is 156 g/mol. The summed E-state index contributed by atoms with van der Waals surface area (Å²) in [5.41, 5.74) is 0. The molecule has 1 atom stereocenters. The molecule has 1 amide bonds. The van der Waals surface area contributed by atoms with Crippen LogP contribution < -0.4 is 5.32 Å². The van der Waals surface area contributed by atoms with Gasteiger partial charge in [0.15, 0.2) is 0 Å². The second-order valence-electron chi connectivity index (χ2n) is 3.01. The minimum atomic E-state index is 0.199. The fourth-order valence-electron chi connectivity index (χ4n) is 1.50. The fraction of sp³-hybridized carbons (Fsp3) is 0.875. The number of likely N-dealkylation sites (N-methyl/N-ethyl adjacent to an activating group) is 1. The summed E-state index contributed by atoms with van der Waals surface area (Å²) in [6, 6.07) is 0.531. The predicted molar refractivity (Wildman–Crippen MR) is 44.3 cm³/mol. The second-order valence-corrected chi connectivity index (χ2v) is 3.01. The number of likely N-dealkylation sites (tertiary alicyclic amines) is 1. The highest BCUT2D eigenvalue weighted by atomic mass is 16.2. The van der Waals surface area contributed by atoms with Gasteiger partial charge >= 0.3 is 0 Å². The highest BCUT2D eigenvalue weighted by molar-refractivity contribution is 5.73. The highest BCUT2D eigenvalue weighted by Crippen LogP contribution is 2.08. The van der Waals surface area contributed by atoms with E-state index in [2.05, 4.69) is 12.2 Å². The molecule has 1 fully saturated rings. The van der Waals surface area contributed by atoms with Crippen LogP contribution in [0.25, 0.3) is 0 Å². The maximum Gasteiger partial charge on any atom is 0.219 e. The Kier molecular flexibility index (Phi) is 2.88. The van der Waals surface area contributed by atoms with Crippen LogP contribution in [0.2, 0.25) is 0 Å². The number of nitrogens with one attached hydrogen (secondary N) is 1. The summed E-state index contributed by atoms with van der Waals surface area (Å²) < 4.78 is 0. The lowest BCUT2D eigenvalue weighted by atomic mass is 10.3. The van der Waals surface area contributed by atoms with E-state index in [4.69, 9.17) is 0 Å². The standard InChI is InChI=1S/C8H16N2O/c1-3-9-8-4-5-10(6-8)7(2)11/h8-9H,3-6H2,1-2H3. The Hall–Kier alpha value is -0.570. The van der Waals surface area contributed by atoms with Gasteiger partial charge in [-0.3, -0.25) is 4.79 Å². The Balaban J connectivity index is 2.29. The molecule has 1 aliphatic heterocycles. The van der Waals surface area contributed by atoms with Crippen LogP contribution in [0.3, 0.4) is 0 Å². The molecule has 0 spiro atoms. The van der Waals surface area contributed by atoms with E-state index in [1.807, 2.05) is 4.90 Å². The summed E-state index contributed by atoms with van der Waals surface area (Å²) in [5, 5.41) is 3.34. The largest absolute Gasteiger partial charge is 0.341 e. The van der Waals surface area contributed by atoms with Crippen molar-refractivity contribution >= 4 is 5.91 Å². The van der Waals surface area contributed by atoms with Crippen LogP contribution in [0.4, 0.5) is 0 Å². The van der Waals surface area contributed by atoms with Gasteiger partial charge in [0.1, 0.15) is 0 Å². The van der Waals surface area contributed by atoms with Crippen molar-refractivity contribution in [3.8, 4) is 0 Å². The zero-order valence-corrected chi connectivity index (χ0v) is 7.26. The first-order valence-corrected chi connectivity index (χ1v) is 4.23. The Labute approximate surface area is 67.8 Å². The van der Waals surface area contributed by atoms with Crippen LogP contribution in [0.15, 0.2) is 0 Å². The molecule has 64 valence electrons. The Morgan fingerprint density at radius 3 is 2.91 bits per heavy atom. The van der Waals surface area contributed by atoms with Crippen molar-refractivity contribution in [3.63, 3.8) is 0 Å². The number of rotatable bonds is 2. The molecule has 0 saturated carbocycles. The van der Waals surface area contributed by atoms with Gasteiger partial charge in [-0.25, -0.2) is 0 Å². The molecule has 1 heterocycles. The third-order valence-corrected chi connectivity index (χ3v) is 2.13. The van der Waals surface area contributed by atoms with E-state index < -0.39 is 0 Å². The molecule has 3 heteroatoms. The Bertz CT molecular complexity index is 147. The van der Waals surface area contributed by atoms with E-state index in [9.17, 15) is 4.79 Å². The van der Waals surface area contributed by atoms with Crippen molar-refractivity contribution in [2.24, 2.45) is 0 Å². The van der Waals surface area contributed by atoms with Crippen molar-refractivity contribution in [2.45, 2.75) is 26.3 Å². The minimum Gasteiger partial charge on any atom is -0.341 e. The third-order valence-electron chi connectivity index (χ3n) is 2.13. The topological polar surface area (TPSA) is 32.3 Å². The first kappa shape index (κ1) is 8.53. The van der Waals surface area contributed by atoms with Gasteiger partial charge in [-0.1, -0.05) is 6.92 Å². The smallest absolute Gasteiger partial charge is 0.219 e. The number of amides is 1. The number of carbonyl (C=O) groups excluding carboxylic acids is 1. The second kappa shape index (κ2) is 3.72. The molecule has 0 aromatic rings. The number of hydrogen-bond acceptors (Lipinski definition) is 2. The lowest BCUT2D eigenvalue weighted by molar-refractivity contribution is -0.127. The Morgan fingerprint density at radius 1 is 1.73 bits per heavy atom. The number of hydrogen-bond donors (Lipinski definition) is 1. The van der Waals surface area contributed by atoms with Crippen LogP contribution in [-0.2, 0) is 4.79 Å². The molecule has 1 unspecified atom stereocenters. The lowest BCUT2D eigenvalue weighted by Gasteiger charge is -2.13. The van der Waals surface area contributed by atoms with Crippen molar-refractivity contribution in [1.29, 1.82) is 0 Å². The van der Waals surface area contributed by atoms with Crippen molar-refractivity contribution in [2.75, 3.05) is 19.6 Å². The normalized spacial score (nSPS) is 24.2. The summed E-state index contributed by atoms with van der Waals surface area (Å²) >= 11 is 0. The van der Waals surface area contributed by atoms with Gasteiger partial charge in [0.2, 0.25) is 5.91 Å². The van der Waals surface area contributed by atoms with Crippen LogP contribution in [0.1, 0.15) is 20.3 Å². The summed E-state index contributed by atoms with van der Waals surface area (Å²) in [5.74, 6) is 0.199. The molecule has 1 N–H and O–H groups in total. The molecular weight excluding hydrogens is 140 g/mol. The molecule has 1 saturated heterocycles. The molecule has 0 aromatic carbocycles. The number of nitrogens with zero attached hydrogens (tertiary/aromatic N) is 1. The quantitative estimate of drug-likeness (QED) is 0.620. The average Bonchev–Trinajstić information content (AvgIpc) is 2.37. The van der Waals surface area contributed by atoms with E-state index in [1.54, 1.807) is 6.92 Å². The van der Waals surface area contributed by atoms with Gasteiger partial charge in [0.05, 0.1) is 0 Å². The van der Waals surface area contributed by atoms with E-state index in [0.717, 1.165) is 26.1 Å². The first-order valence-electron chi connectivity index (χ1n) is 4.23. The summed E-state index contributed by atoms with van der Waals surface area (Å²) in [6.45, 7) is 6.54. The van der Waals surface area contributed by atoms with Gasteiger partial charge in [0, 0.05) is 26.1 Å². The maximum absolute atomic E-state index is 10.9. The van der Waals surface area contributed by atoms with Crippen LogP contribution in [0.5, 0.6) is 0 Å². The highest BCUT2D eigenvalue weighted by Gasteiger charge is 2.22. The SMILES string of the molecule is CCNC1CCN(C(C)=O)C1. The first-order chi connectivity index (χ1) is 5.24. The summed E-state index contributed by atoms with van der Waals surface area (Å²) in [6.07, 6.45) is 1.10. The molecule has 1 rings (SSSR count). The molecular formula is C8H16N2O. The zero-order valence-electron chi connectivity index (χ0n) is 7.26. The summed E-state index contributed by atoms with van der Waals surface area (Å²) in [4.78, 5) is 12.8. The molecule has 3 nitrogen and oxygen atoms in total. The molecule has 1 aliphatic rings. The third kappa shape index (κ3) is 2.19. The predicted octanol–water partition coefficient (Wildman–Crippen LogP) is 0.217. The molecule has 0 aliphatic carbocycles. The maximum atomic E-state index is 10.9. The monoisotopic (exact) mass is 156 g/mol. The van der Waals surface area contributed by atoms with Gasteiger partial charge in [-0.2, -0.15) is 0 Å². The zero-order chi connectivity index (χ0) is 8.27. The summed E-state index contributed by atoms with van der Waals surface area (Å²) in [7, 11) is 0. The lowest BCUT2D eigenvalue weighted by Crippen LogP contribution is -2.33. The van der Waals surface area contributed by atoms with Crippen LogP contribution in [0, 0.1) is 0 Å². The Morgan fingerprint density at radius 2 is 2.45 bits per heavy atom. The minimum absolute atomic E-state index is 0.199. The molecule has 0 aromatic heterocycles. The molecule has 0 radical (unpaired) electrons. The molecule has 0 bridgehead atoms. The van der Waals surface area contributed by atoms with Crippen LogP contribution >= 0.6 is 0 Å². The van der Waals surface area contributed by atoms with Crippen molar-refractivity contribution in [3.05, 3.63) is 0 Å².